The molecule has 2 rings (SSSR count). The predicted molar refractivity (Wildman–Crippen MR) is 100 cm³/mol. The van der Waals surface area contributed by atoms with E-state index >= 15 is 0 Å². The average molecular weight is 340 g/mol. The molecule has 0 heterocycles. The van der Waals surface area contributed by atoms with E-state index in [0.29, 0.717) is 17.1 Å². The van der Waals surface area contributed by atoms with Crippen LogP contribution in [-0.2, 0) is 9.59 Å². The lowest BCUT2D eigenvalue weighted by Crippen LogP contribution is -2.30. The van der Waals surface area contributed by atoms with Gasteiger partial charge in [0, 0.05) is 18.3 Å². The molecule has 2 aromatic carbocycles. The van der Waals surface area contributed by atoms with Gasteiger partial charge in [-0.1, -0.05) is 12.1 Å². The van der Waals surface area contributed by atoms with Gasteiger partial charge in [-0.05, 0) is 68.7 Å². The van der Waals surface area contributed by atoms with Gasteiger partial charge < -0.3 is 15.4 Å². The maximum atomic E-state index is 12.4. The Balaban J connectivity index is 2.07. The molecular weight excluding hydrogens is 316 g/mol. The highest BCUT2D eigenvalue weighted by molar-refractivity contribution is 5.95. The van der Waals surface area contributed by atoms with Crippen LogP contribution in [0, 0.1) is 20.8 Å². The minimum Gasteiger partial charge on any atom is -0.481 e. The molecule has 5 nitrogen and oxygen atoms in total. The van der Waals surface area contributed by atoms with Crippen molar-refractivity contribution in [1.82, 2.24) is 0 Å². The molecule has 25 heavy (non-hydrogen) atoms. The highest BCUT2D eigenvalue weighted by Gasteiger charge is 2.17. The summed E-state index contributed by atoms with van der Waals surface area (Å²) in [4.78, 5) is 23.5. The third kappa shape index (κ3) is 5.08. The Kier molecular flexibility index (Phi) is 5.80. The Hall–Kier alpha value is -2.82. The van der Waals surface area contributed by atoms with Crippen molar-refractivity contribution in [3.8, 4) is 5.75 Å². The molecule has 2 N–H and O–H groups in total. The van der Waals surface area contributed by atoms with E-state index in [0.717, 1.165) is 16.7 Å². The van der Waals surface area contributed by atoms with Gasteiger partial charge in [0.25, 0.3) is 5.91 Å². The van der Waals surface area contributed by atoms with Gasteiger partial charge in [0.15, 0.2) is 6.10 Å². The second-order valence-electron chi connectivity index (χ2n) is 6.22. The standard InChI is InChI=1S/C20H24N2O3/c1-12-9-13(2)14(3)19(10-12)25-15(4)20(24)22-18-8-6-7-17(11-18)21-16(5)23/h6-11,15H,1-5H3,(H,21,23)(H,22,24). The number of hydrogen-bond acceptors (Lipinski definition) is 3. The average Bonchev–Trinajstić information content (AvgIpc) is 2.51. The number of nitrogens with one attached hydrogen (secondary N) is 2. The number of anilines is 2. The van der Waals surface area contributed by atoms with Gasteiger partial charge in [-0.2, -0.15) is 0 Å². The molecule has 1 unspecified atom stereocenters. The van der Waals surface area contributed by atoms with Gasteiger partial charge in [-0.3, -0.25) is 9.59 Å². The van der Waals surface area contributed by atoms with E-state index in [1.54, 1.807) is 31.2 Å². The van der Waals surface area contributed by atoms with Crippen LogP contribution in [0.1, 0.15) is 30.5 Å². The first-order chi connectivity index (χ1) is 11.8. The van der Waals surface area contributed by atoms with Crippen LogP contribution >= 0.6 is 0 Å². The van der Waals surface area contributed by atoms with E-state index in [1.807, 2.05) is 26.8 Å². The summed E-state index contributed by atoms with van der Waals surface area (Å²) in [5.41, 5.74) is 4.48. The number of ether oxygens (including phenoxy) is 1. The number of rotatable bonds is 5. The number of hydrogen-bond donors (Lipinski definition) is 2. The smallest absolute Gasteiger partial charge is 0.265 e. The van der Waals surface area contributed by atoms with Gasteiger partial charge in [-0.25, -0.2) is 0 Å². The molecule has 2 aromatic rings. The van der Waals surface area contributed by atoms with Crippen molar-refractivity contribution in [2.45, 2.75) is 40.7 Å². The summed E-state index contributed by atoms with van der Waals surface area (Å²) in [5.74, 6) is 0.302. The number of carbonyl (C=O) groups is 2. The van der Waals surface area contributed by atoms with Crippen molar-refractivity contribution in [3.05, 3.63) is 53.1 Å². The van der Waals surface area contributed by atoms with Crippen molar-refractivity contribution < 1.29 is 14.3 Å². The molecule has 0 saturated carbocycles. The molecule has 1 atom stereocenters. The topological polar surface area (TPSA) is 67.4 Å². The molecule has 0 aliphatic rings. The van der Waals surface area contributed by atoms with Crippen LogP contribution in [0.3, 0.4) is 0 Å². The predicted octanol–water partition coefficient (Wildman–Crippen LogP) is 3.98. The van der Waals surface area contributed by atoms with Crippen molar-refractivity contribution in [1.29, 1.82) is 0 Å². The highest BCUT2D eigenvalue weighted by Crippen LogP contribution is 2.24. The van der Waals surface area contributed by atoms with Crippen LogP contribution in [0.25, 0.3) is 0 Å². The molecular formula is C20H24N2O3. The number of aryl methyl sites for hydroxylation is 2. The van der Waals surface area contributed by atoms with Crippen molar-refractivity contribution in [3.63, 3.8) is 0 Å². The van der Waals surface area contributed by atoms with E-state index < -0.39 is 6.10 Å². The molecule has 132 valence electrons. The lowest BCUT2D eigenvalue weighted by atomic mass is 10.1. The summed E-state index contributed by atoms with van der Waals surface area (Å²) in [6.07, 6.45) is -0.649. The Morgan fingerprint density at radius 1 is 1.00 bits per heavy atom. The summed E-state index contributed by atoms with van der Waals surface area (Å²) in [5, 5.41) is 5.49. The van der Waals surface area contributed by atoms with Gasteiger partial charge in [0.2, 0.25) is 5.91 Å². The third-order valence-electron chi connectivity index (χ3n) is 3.89. The fraction of sp³-hybridized carbons (Fsp3) is 0.300. The SMILES string of the molecule is CC(=O)Nc1cccc(NC(=O)C(C)Oc2cc(C)cc(C)c2C)c1. The first kappa shape index (κ1) is 18.5. The quantitative estimate of drug-likeness (QED) is 0.865. The van der Waals surface area contributed by atoms with Crippen LogP contribution < -0.4 is 15.4 Å². The molecule has 5 heteroatoms. The van der Waals surface area contributed by atoms with Crippen molar-refractivity contribution in [2.24, 2.45) is 0 Å². The van der Waals surface area contributed by atoms with Gasteiger partial charge in [0.05, 0.1) is 0 Å². The number of amides is 2. The first-order valence-corrected chi connectivity index (χ1v) is 8.19. The normalized spacial score (nSPS) is 11.6. The van der Waals surface area contributed by atoms with Crippen LogP contribution in [0.4, 0.5) is 11.4 Å². The second kappa shape index (κ2) is 7.83. The van der Waals surface area contributed by atoms with Crippen molar-refractivity contribution >= 4 is 23.2 Å². The van der Waals surface area contributed by atoms with Crippen LogP contribution in [-0.4, -0.2) is 17.9 Å². The van der Waals surface area contributed by atoms with E-state index in [9.17, 15) is 9.59 Å². The first-order valence-electron chi connectivity index (χ1n) is 8.19. The largest absolute Gasteiger partial charge is 0.481 e. The maximum absolute atomic E-state index is 12.4. The maximum Gasteiger partial charge on any atom is 0.265 e. The van der Waals surface area contributed by atoms with Gasteiger partial charge in [0.1, 0.15) is 5.75 Å². The van der Waals surface area contributed by atoms with E-state index in [2.05, 4.69) is 16.7 Å². The minimum absolute atomic E-state index is 0.162. The monoisotopic (exact) mass is 340 g/mol. The molecule has 0 aliphatic carbocycles. The zero-order chi connectivity index (χ0) is 18.6. The molecule has 0 aromatic heterocycles. The lowest BCUT2D eigenvalue weighted by molar-refractivity contribution is -0.122. The molecule has 0 aliphatic heterocycles. The summed E-state index contributed by atoms with van der Waals surface area (Å²) >= 11 is 0. The molecule has 0 spiro atoms. The van der Waals surface area contributed by atoms with Crippen LogP contribution in [0.5, 0.6) is 5.75 Å². The Morgan fingerprint density at radius 3 is 2.28 bits per heavy atom. The molecule has 0 radical (unpaired) electrons. The van der Waals surface area contributed by atoms with Gasteiger partial charge >= 0.3 is 0 Å². The number of benzene rings is 2. The Morgan fingerprint density at radius 2 is 1.64 bits per heavy atom. The van der Waals surface area contributed by atoms with Crippen LogP contribution in [0.15, 0.2) is 36.4 Å². The zero-order valence-corrected chi connectivity index (χ0v) is 15.3. The Labute approximate surface area is 148 Å². The van der Waals surface area contributed by atoms with E-state index in [4.69, 9.17) is 4.74 Å². The summed E-state index contributed by atoms with van der Waals surface area (Å²) in [6, 6.07) is 11.0. The molecule has 0 bridgehead atoms. The lowest BCUT2D eigenvalue weighted by Gasteiger charge is -2.18. The minimum atomic E-state index is -0.649. The van der Waals surface area contributed by atoms with E-state index in [-0.39, 0.29) is 11.8 Å². The Bertz CT molecular complexity index is 800. The number of carbonyl (C=O) groups excluding carboxylic acids is 2. The molecule has 2 amide bonds. The highest BCUT2D eigenvalue weighted by atomic mass is 16.5. The molecule has 0 fully saturated rings. The molecule has 0 saturated heterocycles. The van der Waals surface area contributed by atoms with Crippen molar-refractivity contribution in [2.75, 3.05) is 10.6 Å². The summed E-state index contributed by atoms with van der Waals surface area (Å²) < 4.78 is 5.85. The second-order valence-corrected chi connectivity index (χ2v) is 6.22. The summed E-state index contributed by atoms with van der Waals surface area (Å²) in [7, 11) is 0. The van der Waals surface area contributed by atoms with E-state index in [1.165, 1.54) is 6.92 Å². The third-order valence-corrected chi connectivity index (χ3v) is 3.89. The zero-order valence-electron chi connectivity index (χ0n) is 15.3. The summed E-state index contributed by atoms with van der Waals surface area (Å²) in [6.45, 7) is 9.15. The van der Waals surface area contributed by atoms with Crippen LogP contribution in [0.2, 0.25) is 0 Å². The van der Waals surface area contributed by atoms with Gasteiger partial charge in [-0.15, -0.1) is 0 Å². The fourth-order valence-electron chi connectivity index (χ4n) is 2.49. The fourth-order valence-corrected chi connectivity index (χ4v) is 2.49.